The van der Waals surface area contributed by atoms with E-state index in [9.17, 15) is 9.90 Å². The van der Waals surface area contributed by atoms with Crippen molar-refractivity contribution in [3.8, 4) is 0 Å². The minimum atomic E-state index is -0.464. The van der Waals surface area contributed by atoms with E-state index >= 15 is 0 Å². The summed E-state index contributed by atoms with van der Waals surface area (Å²) in [5, 5.41) is 18.0. The molecule has 25 heavy (non-hydrogen) atoms. The molecule has 3 atom stereocenters. The maximum Gasteiger partial charge on any atom is 0.305 e. The van der Waals surface area contributed by atoms with Crippen LogP contribution in [0.5, 0.6) is 0 Å². The van der Waals surface area contributed by atoms with Crippen LogP contribution in [0.3, 0.4) is 0 Å². The van der Waals surface area contributed by atoms with Crippen LogP contribution in [0.4, 0.5) is 0 Å². The third kappa shape index (κ3) is 9.97. The molecule has 5 nitrogen and oxygen atoms in total. The van der Waals surface area contributed by atoms with Gasteiger partial charge in [-0.05, 0) is 70.1 Å². The molecule has 2 rings (SSSR count). The van der Waals surface area contributed by atoms with E-state index in [-0.39, 0.29) is 5.97 Å². The zero-order chi connectivity index (χ0) is 18.5. The van der Waals surface area contributed by atoms with Crippen LogP contribution in [0.1, 0.15) is 71.1 Å². The number of ether oxygens (including phenoxy) is 2. The lowest BCUT2D eigenvalue weighted by Crippen LogP contribution is -2.17. The van der Waals surface area contributed by atoms with E-state index < -0.39 is 6.29 Å². The Bertz CT molecular complexity index is 388. The molecule has 1 saturated heterocycles. The van der Waals surface area contributed by atoms with Gasteiger partial charge >= 0.3 is 5.97 Å². The summed E-state index contributed by atoms with van der Waals surface area (Å²) in [5.41, 5.74) is 1.39. The Kier molecular flexibility index (Phi) is 11.8. The fourth-order valence-corrected chi connectivity index (χ4v) is 3.54. The van der Waals surface area contributed by atoms with E-state index in [0.29, 0.717) is 24.9 Å². The lowest BCUT2D eigenvalue weighted by molar-refractivity contribution is -0.140. The first kappa shape index (κ1) is 22.1. The Morgan fingerprint density at radius 3 is 2.52 bits per heavy atom. The van der Waals surface area contributed by atoms with E-state index in [2.05, 4.69) is 17.7 Å². The highest BCUT2D eigenvalue weighted by atomic mass is 16.6. The average molecular weight is 357 g/mol. The number of unbranched alkanes of at least 4 members (excludes halogenated alkanes) is 1. The first-order valence-corrected chi connectivity index (χ1v) is 9.69. The topological polar surface area (TPSA) is 76.0 Å². The van der Waals surface area contributed by atoms with Crippen LogP contribution in [-0.2, 0) is 14.3 Å². The van der Waals surface area contributed by atoms with Gasteiger partial charge in [0.1, 0.15) is 0 Å². The normalized spacial score (nSPS) is 26.7. The number of esters is 1. The van der Waals surface area contributed by atoms with E-state index in [1.54, 1.807) is 0 Å². The highest BCUT2D eigenvalue weighted by molar-refractivity contribution is 5.69. The van der Waals surface area contributed by atoms with Crippen LogP contribution in [0.15, 0.2) is 11.6 Å². The summed E-state index contributed by atoms with van der Waals surface area (Å²) >= 11 is 0. The summed E-state index contributed by atoms with van der Waals surface area (Å²) in [6.07, 6.45) is 11.9. The molecule has 1 aliphatic heterocycles. The molecule has 2 fully saturated rings. The maximum absolute atomic E-state index is 10.9. The van der Waals surface area contributed by atoms with E-state index in [0.717, 1.165) is 45.1 Å². The van der Waals surface area contributed by atoms with Gasteiger partial charge in [0.2, 0.25) is 0 Å². The standard InChI is InChI=1S/C15H26O3.C5H10O2/c1-12(6-3-4-9-15(17)18-2)10-13-7-5-8-14(13)11-16;6-5-3-1-2-4-7-5/h6,13-14,16H,3-5,7-11H2,1-2H3;5-6H,1-4H2/b12-6+;/t13-,14?;/m1./s1. The zero-order valence-electron chi connectivity index (χ0n) is 15.9. The van der Waals surface area contributed by atoms with Gasteiger partial charge in [0.25, 0.3) is 0 Å². The van der Waals surface area contributed by atoms with Crippen molar-refractivity contribution < 1.29 is 24.5 Å². The van der Waals surface area contributed by atoms with E-state index in [4.69, 9.17) is 9.84 Å². The molecule has 146 valence electrons. The van der Waals surface area contributed by atoms with Crippen LogP contribution in [0.25, 0.3) is 0 Å². The minimum Gasteiger partial charge on any atom is -0.469 e. The van der Waals surface area contributed by atoms with Gasteiger partial charge < -0.3 is 19.7 Å². The molecule has 1 saturated carbocycles. The van der Waals surface area contributed by atoms with Gasteiger partial charge in [-0.25, -0.2) is 0 Å². The van der Waals surface area contributed by atoms with Crippen molar-refractivity contribution in [3.05, 3.63) is 11.6 Å². The monoisotopic (exact) mass is 356 g/mol. The van der Waals surface area contributed by atoms with Crippen LogP contribution in [-0.4, -0.2) is 42.8 Å². The maximum atomic E-state index is 10.9. The van der Waals surface area contributed by atoms with Crippen molar-refractivity contribution in [3.63, 3.8) is 0 Å². The molecule has 0 bridgehead atoms. The lowest BCUT2D eigenvalue weighted by atomic mass is 9.90. The number of aliphatic hydroxyl groups is 2. The van der Waals surface area contributed by atoms with Crippen molar-refractivity contribution in [2.45, 2.75) is 77.4 Å². The largest absolute Gasteiger partial charge is 0.469 e. The Hall–Kier alpha value is -0.910. The zero-order valence-corrected chi connectivity index (χ0v) is 15.9. The first-order chi connectivity index (χ1) is 12.1. The van der Waals surface area contributed by atoms with Crippen LogP contribution < -0.4 is 0 Å². The fraction of sp³-hybridized carbons (Fsp3) is 0.850. The van der Waals surface area contributed by atoms with E-state index in [1.807, 2.05) is 0 Å². The molecular formula is C20H36O5. The predicted molar refractivity (Wildman–Crippen MR) is 98.0 cm³/mol. The molecule has 0 aromatic heterocycles. The second-order valence-corrected chi connectivity index (χ2v) is 7.18. The fourth-order valence-electron chi connectivity index (χ4n) is 3.54. The predicted octanol–water partition coefficient (Wildman–Crippen LogP) is 3.58. The molecule has 5 heteroatoms. The molecule has 0 radical (unpaired) electrons. The summed E-state index contributed by atoms with van der Waals surface area (Å²) in [6.45, 7) is 3.23. The number of methoxy groups -OCH3 is 1. The second-order valence-electron chi connectivity index (χ2n) is 7.18. The molecular weight excluding hydrogens is 320 g/mol. The lowest BCUT2D eigenvalue weighted by Gasteiger charge is -2.17. The second kappa shape index (κ2) is 13.3. The van der Waals surface area contributed by atoms with Crippen molar-refractivity contribution in [2.75, 3.05) is 20.3 Å². The third-order valence-corrected chi connectivity index (χ3v) is 5.10. The molecule has 2 unspecified atom stereocenters. The van der Waals surface area contributed by atoms with Gasteiger partial charge in [0, 0.05) is 19.6 Å². The van der Waals surface area contributed by atoms with Gasteiger partial charge in [-0.15, -0.1) is 0 Å². The van der Waals surface area contributed by atoms with Crippen molar-refractivity contribution in [1.29, 1.82) is 0 Å². The van der Waals surface area contributed by atoms with Gasteiger partial charge in [0.15, 0.2) is 6.29 Å². The van der Waals surface area contributed by atoms with Gasteiger partial charge in [-0.2, -0.15) is 0 Å². The first-order valence-electron chi connectivity index (χ1n) is 9.69. The van der Waals surface area contributed by atoms with Crippen molar-refractivity contribution in [2.24, 2.45) is 11.8 Å². The highest BCUT2D eigenvalue weighted by Gasteiger charge is 2.26. The molecule has 1 heterocycles. The van der Waals surface area contributed by atoms with Crippen LogP contribution in [0, 0.1) is 11.8 Å². The summed E-state index contributed by atoms with van der Waals surface area (Å²) in [4.78, 5) is 10.9. The Labute approximate surface area is 152 Å². The molecule has 2 aliphatic rings. The number of aliphatic hydroxyl groups excluding tert-OH is 2. The summed E-state index contributed by atoms with van der Waals surface area (Å²) in [5.74, 6) is 1.03. The SMILES string of the molecule is COC(=O)CCC/C=C(\C)C[C@H]1CCCC1CO.OC1CCCCO1. The van der Waals surface area contributed by atoms with Crippen LogP contribution >= 0.6 is 0 Å². The number of carbonyl (C=O) groups excluding carboxylic acids is 1. The average Bonchev–Trinajstić information content (AvgIpc) is 3.06. The van der Waals surface area contributed by atoms with Gasteiger partial charge in [-0.3, -0.25) is 4.79 Å². The van der Waals surface area contributed by atoms with Gasteiger partial charge in [-0.1, -0.05) is 18.1 Å². The number of allylic oxidation sites excluding steroid dienone is 2. The Morgan fingerprint density at radius 1 is 1.20 bits per heavy atom. The van der Waals surface area contributed by atoms with E-state index in [1.165, 1.54) is 31.9 Å². The number of carbonyl (C=O) groups is 1. The van der Waals surface area contributed by atoms with Gasteiger partial charge in [0.05, 0.1) is 7.11 Å². The quantitative estimate of drug-likeness (QED) is 0.414. The number of hydrogen-bond acceptors (Lipinski definition) is 5. The third-order valence-electron chi connectivity index (χ3n) is 5.10. The summed E-state index contributed by atoms with van der Waals surface area (Å²) in [6, 6.07) is 0. The van der Waals surface area contributed by atoms with Crippen molar-refractivity contribution >= 4 is 5.97 Å². The molecule has 0 amide bonds. The molecule has 2 N–H and O–H groups in total. The summed E-state index contributed by atoms with van der Waals surface area (Å²) in [7, 11) is 1.43. The molecule has 1 aliphatic carbocycles. The molecule has 0 aromatic rings. The minimum absolute atomic E-state index is 0.128. The molecule has 0 aromatic carbocycles. The van der Waals surface area contributed by atoms with Crippen molar-refractivity contribution in [1.82, 2.24) is 0 Å². The number of hydrogen-bond donors (Lipinski definition) is 2. The highest BCUT2D eigenvalue weighted by Crippen LogP contribution is 2.35. The molecule has 0 spiro atoms. The smallest absolute Gasteiger partial charge is 0.305 e. The Morgan fingerprint density at radius 2 is 1.96 bits per heavy atom. The Balaban J connectivity index is 0.000000370. The summed E-state index contributed by atoms with van der Waals surface area (Å²) < 4.78 is 9.44. The number of rotatable bonds is 7. The van der Waals surface area contributed by atoms with Crippen LogP contribution in [0.2, 0.25) is 0 Å².